The van der Waals surface area contributed by atoms with Gasteiger partial charge in [0, 0.05) is 4.47 Å². The first kappa shape index (κ1) is 14.6. The molecule has 0 spiro atoms. The van der Waals surface area contributed by atoms with Gasteiger partial charge in [0.15, 0.2) is 21.4 Å². The number of sulfone groups is 1. The Kier molecular flexibility index (Phi) is 3.79. The van der Waals surface area contributed by atoms with E-state index in [0.717, 1.165) is 16.5 Å². The lowest BCUT2D eigenvalue weighted by molar-refractivity contribution is 0.372. The van der Waals surface area contributed by atoms with Gasteiger partial charge in [0.2, 0.25) is 0 Å². The van der Waals surface area contributed by atoms with Gasteiger partial charge in [-0.3, -0.25) is 0 Å². The number of nitrogens with two attached hydrogens (primary N) is 1. The molecule has 1 fully saturated rings. The maximum Gasteiger partial charge on any atom is 0.175 e. The minimum Gasteiger partial charge on any atom is -0.380 e. The Morgan fingerprint density at radius 2 is 1.95 bits per heavy atom. The molecule has 21 heavy (non-hydrogen) atoms. The largest absolute Gasteiger partial charge is 0.380 e. The second-order valence-corrected chi connectivity index (χ2v) is 8.38. The lowest BCUT2D eigenvalue weighted by atomic mass is 10.0. The first-order valence-corrected chi connectivity index (χ1v) is 9.22. The van der Waals surface area contributed by atoms with Crippen LogP contribution >= 0.6 is 15.9 Å². The molecule has 112 valence electrons. The van der Waals surface area contributed by atoms with E-state index in [1.807, 2.05) is 24.3 Å². The Hall–Kier alpha value is -1.34. The third-order valence-corrected chi connectivity index (χ3v) is 6.45. The van der Waals surface area contributed by atoms with Crippen LogP contribution in [0.4, 0.5) is 5.82 Å². The van der Waals surface area contributed by atoms with Crippen LogP contribution < -0.4 is 5.73 Å². The molecule has 2 N–H and O–H groups in total. The van der Waals surface area contributed by atoms with Crippen LogP contribution in [0.5, 0.6) is 0 Å². The highest BCUT2D eigenvalue weighted by Gasteiger charge is 2.36. The van der Waals surface area contributed by atoms with Crippen LogP contribution in [-0.4, -0.2) is 19.3 Å². The number of hydrogen-bond acceptors (Lipinski definition) is 5. The van der Waals surface area contributed by atoms with E-state index in [2.05, 4.69) is 21.1 Å². The zero-order valence-electron chi connectivity index (χ0n) is 11.3. The molecule has 1 aliphatic rings. The predicted molar refractivity (Wildman–Crippen MR) is 84.4 cm³/mol. The molecule has 0 bridgehead atoms. The Morgan fingerprint density at radius 1 is 1.24 bits per heavy atom. The molecule has 1 aliphatic heterocycles. The molecule has 2 aromatic rings. The minimum absolute atomic E-state index is 0.193. The molecule has 1 saturated heterocycles. The summed E-state index contributed by atoms with van der Waals surface area (Å²) in [4.78, 5) is 0. The summed E-state index contributed by atoms with van der Waals surface area (Å²) >= 11 is 3.37. The predicted octanol–water partition coefficient (Wildman–Crippen LogP) is 3.33. The highest BCUT2D eigenvalue weighted by Crippen LogP contribution is 2.41. The fourth-order valence-electron chi connectivity index (χ4n) is 2.69. The summed E-state index contributed by atoms with van der Waals surface area (Å²) in [6.45, 7) is 0. The van der Waals surface area contributed by atoms with Gasteiger partial charge in [0.1, 0.15) is 5.25 Å². The van der Waals surface area contributed by atoms with Crippen molar-refractivity contribution in [3.63, 3.8) is 0 Å². The van der Waals surface area contributed by atoms with Crippen molar-refractivity contribution in [1.82, 2.24) is 5.16 Å². The standard InChI is InChI=1S/C14H15BrN2O3S/c15-10-6-4-9(5-7-10)12-13(20-17-14(12)16)11-3-1-2-8-21(11,18)19/h4-7,11H,1-3,8H2,(H2,16,17). The van der Waals surface area contributed by atoms with Crippen molar-refractivity contribution in [2.45, 2.75) is 24.5 Å². The molecule has 2 heterocycles. The topological polar surface area (TPSA) is 86.2 Å². The van der Waals surface area contributed by atoms with Crippen LogP contribution in [0.15, 0.2) is 33.3 Å². The quantitative estimate of drug-likeness (QED) is 0.875. The number of nitrogens with zero attached hydrogens (tertiary/aromatic N) is 1. The summed E-state index contributed by atoms with van der Waals surface area (Å²) < 4.78 is 30.8. The molecule has 3 rings (SSSR count). The van der Waals surface area contributed by atoms with Crippen molar-refractivity contribution in [1.29, 1.82) is 0 Å². The Balaban J connectivity index is 2.11. The highest BCUT2D eigenvalue weighted by atomic mass is 79.9. The van der Waals surface area contributed by atoms with E-state index in [-0.39, 0.29) is 11.6 Å². The van der Waals surface area contributed by atoms with Gasteiger partial charge in [-0.1, -0.05) is 39.6 Å². The lowest BCUT2D eigenvalue weighted by Crippen LogP contribution is -2.21. The van der Waals surface area contributed by atoms with Crippen molar-refractivity contribution in [2.75, 3.05) is 11.5 Å². The maximum atomic E-state index is 12.3. The number of nitrogen functional groups attached to an aromatic ring is 1. The smallest absolute Gasteiger partial charge is 0.175 e. The van der Waals surface area contributed by atoms with Crippen LogP contribution in [0.3, 0.4) is 0 Å². The molecular formula is C14H15BrN2O3S. The molecule has 7 heteroatoms. The van der Waals surface area contributed by atoms with Gasteiger partial charge in [0.25, 0.3) is 0 Å². The van der Waals surface area contributed by atoms with Crippen LogP contribution in [0.25, 0.3) is 11.1 Å². The highest BCUT2D eigenvalue weighted by molar-refractivity contribution is 9.10. The van der Waals surface area contributed by atoms with Gasteiger partial charge in [-0.2, -0.15) is 0 Å². The number of benzene rings is 1. The summed E-state index contributed by atoms with van der Waals surface area (Å²) in [7, 11) is -3.20. The molecule has 1 atom stereocenters. The van der Waals surface area contributed by atoms with Crippen molar-refractivity contribution in [3.05, 3.63) is 34.5 Å². The normalized spacial score (nSPS) is 21.3. The molecule has 5 nitrogen and oxygen atoms in total. The third kappa shape index (κ3) is 2.72. The lowest BCUT2D eigenvalue weighted by Gasteiger charge is -2.20. The van der Waals surface area contributed by atoms with Crippen molar-refractivity contribution >= 4 is 31.6 Å². The first-order chi connectivity index (χ1) is 9.99. The van der Waals surface area contributed by atoms with Gasteiger partial charge in [-0.15, -0.1) is 0 Å². The van der Waals surface area contributed by atoms with Gasteiger partial charge >= 0.3 is 0 Å². The van der Waals surface area contributed by atoms with E-state index >= 15 is 0 Å². The fourth-order valence-corrected chi connectivity index (χ4v) is 4.86. The van der Waals surface area contributed by atoms with Crippen LogP contribution in [0.1, 0.15) is 30.3 Å². The monoisotopic (exact) mass is 370 g/mol. The molecule has 1 unspecified atom stereocenters. The van der Waals surface area contributed by atoms with Gasteiger partial charge in [0.05, 0.1) is 11.3 Å². The van der Waals surface area contributed by atoms with Crippen LogP contribution in [0, 0.1) is 0 Å². The molecule has 1 aromatic heterocycles. The average molecular weight is 371 g/mol. The second-order valence-electron chi connectivity index (χ2n) is 5.17. The van der Waals surface area contributed by atoms with Crippen molar-refractivity contribution in [3.8, 4) is 11.1 Å². The molecule has 0 radical (unpaired) electrons. The molecule has 0 aliphatic carbocycles. The van der Waals surface area contributed by atoms with Crippen LogP contribution in [0.2, 0.25) is 0 Å². The molecule has 0 amide bonds. The van der Waals surface area contributed by atoms with E-state index in [4.69, 9.17) is 10.3 Å². The van der Waals surface area contributed by atoms with Crippen molar-refractivity contribution in [2.24, 2.45) is 0 Å². The Bertz CT molecular complexity index is 753. The van der Waals surface area contributed by atoms with Gasteiger partial charge in [-0.05, 0) is 30.5 Å². The zero-order chi connectivity index (χ0) is 15.0. The average Bonchev–Trinajstić information content (AvgIpc) is 2.81. The van der Waals surface area contributed by atoms with E-state index in [1.165, 1.54) is 0 Å². The third-order valence-electron chi connectivity index (χ3n) is 3.75. The first-order valence-electron chi connectivity index (χ1n) is 6.71. The summed E-state index contributed by atoms with van der Waals surface area (Å²) in [6, 6.07) is 7.49. The second kappa shape index (κ2) is 5.46. The summed E-state index contributed by atoms with van der Waals surface area (Å²) in [5, 5.41) is 3.14. The van der Waals surface area contributed by atoms with Gasteiger partial charge < -0.3 is 10.3 Å². The number of rotatable bonds is 2. The SMILES string of the molecule is Nc1noc(C2CCCCS2(=O)=O)c1-c1ccc(Br)cc1. The Morgan fingerprint density at radius 3 is 2.62 bits per heavy atom. The van der Waals surface area contributed by atoms with Crippen molar-refractivity contribution < 1.29 is 12.9 Å². The number of anilines is 1. The molecular weight excluding hydrogens is 356 g/mol. The van der Waals surface area contributed by atoms with Gasteiger partial charge in [-0.25, -0.2) is 8.42 Å². The maximum absolute atomic E-state index is 12.3. The minimum atomic E-state index is -3.20. The number of halogens is 1. The number of hydrogen-bond donors (Lipinski definition) is 1. The van der Waals surface area contributed by atoms with E-state index in [9.17, 15) is 8.42 Å². The Labute approximate surface area is 131 Å². The zero-order valence-corrected chi connectivity index (χ0v) is 13.7. The number of aromatic nitrogens is 1. The molecule has 0 saturated carbocycles. The van der Waals surface area contributed by atoms with E-state index in [0.29, 0.717) is 24.2 Å². The summed E-state index contributed by atoms with van der Waals surface area (Å²) in [5.41, 5.74) is 7.30. The summed E-state index contributed by atoms with van der Waals surface area (Å²) in [5.74, 6) is 0.792. The fraction of sp³-hybridized carbons (Fsp3) is 0.357. The van der Waals surface area contributed by atoms with E-state index in [1.54, 1.807) is 0 Å². The van der Waals surface area contributed by atoms with Crippen LogP contribution in [-0.2, 0) is 9.84 Å². The molecule has 1 aromatic carbocycles. The summed E-state index contributed by atoms with van der Waals surface area (Å²) in [6.07, 6.45) is 2.13. The van der Waals surface area contributed by atoms with E-state index < -0.39 is 15.1 Å².